The Morgan fingerprint density at radius 1 is 1.29 bits per heavy atom. The largest absolute Gasteiger partial charge is 0.492 e. The van der Waals surface area contributed by atoms with Crippen LogP contribution in [-0.2, 0) is 0 Å². The fourth-order valence-corrected chi connectivity index (χ4v) is 2.82. The molecular formula is C15H16N4OS. The van der Waals surface area contributed by atoms with E-state index in [-0.39, 0.29) is 5.95 Å². The summed E-state index contributed by atoms with van der Waals surface area (Å²) in [6.45, 7) is 3.25. The summed E-state index contributed by atoms with van der Waals surface area (Å²) in [5, 5.41) is 6.22. The number of thiophene rings is 1. The highest BCUT2D eigenvalue weighted by Crippen LogP contribution is 2.25. The molecule has 21 heavy (non-hydrogen) atoms. The molecule has 0 unspecified atom stereocenters. The second kappa shape index (κ2) is 5.97. The fourth-order valence-electron chi connectivity index (χ4n) is 2.05. The Morgan fingerprint density at radius 3 is 3.05 bits per heavy atom. The molecule has 0 saturated heterocycles. The zero-order chi connectivity index (χ0) is 14.7. The maximum atomic E-state index is 5.71. The van der Waals surface area contributed by atoms with E-state index in [2.05, 4.69) is 15.3 Å². The maximum absolute atomic E-state index is 5.71. The van der Waals surface area contributed by atoms with Gasteiger partial charge < -0.3 is 15.8 Å². The number of nitrogens with two attached hydrogens (primary N) is 1. The van der Waals surface area contributed by atoms with Gasteiger partial charge in [-0.05, 0) is 36.1 Å². The van der Waals surface area contributed by atoms with E-state index in [0.717, 1.165) is 21.8 Å². The van der Waals surface area contributed by atoms with Crippen molar-refractivity contribution in [3.63, 3.8) is 0 Å². The van der Waals surface area contributed by atoms with Crippen LogP contribution in [0.25, 0.3) is 10.2 Å². The van der Waals surface area contributed by atoms with E-state index in [9.17, 15) is 0 Å². The van der Waals surface area contributed by atoms with Crippen molar-refractivity contribution in [2.24, 2.45) is 0 Å². The second-order valence-electron chi connectivity index (χ2n) is 4.66. The van der Waals surface area contributed by atoms with E-state index in [0.29, 0.717) is 13.2 Å². The minimum Gasteiger partial charge on any atom is -0.492 e. The third-order valence-electron chi connectivity index (χ3n) is 3.00. The Bertz CT molecular complexity index is 756. The smallest absolute Gasteiger partial charge is 0.223 e. The number of hydrogen-bond acceptors (Lipinski definition) is 6. The van der Waals surface area contributed by atoms with Crippen molar-refractivity contribution in [1.82, 2.24) is 9.97 Å². The molecule has 5 nitrogen and oxygen atoms in total. The molecule has 3 aromatic rings. The van der Waals surface area contributed by atoms with E-state index < -0.39 is 0 Å². The molecule has 0 aliphatic carbocycles. The van der Waals surface area contributed by atoms with Crippen LogP contribution in [0, 0.1) is 6.92 Å². The van der Waals surface area contributed by atoms with Gasteiger partial charge in [0.2, 0.25) is 5.95 Å². The standard InChI is InChI=1S/C15H16N4OS/c1-10-3-2-4-11(9-10)20-7-6-17-13-12-5-8-21-14(12)19-15(16)18-13/h2-5,8-9H,6-7H2,1H3,(H3,16,17,18,19). The molecule has 1 aromatic carbocycles. The van der Waals surface area contributed by atoms with Crippen LogP contribution >= 0.6 is 11.3 Å². The first-order valence-corrected chi connectivity index (χ1v) is 7.54. The van der Waals surface area contributed by atoms with E-state index in [1.165, 1.54) is 5.56 Å². The normalized spacial score (nSPS) is 10.7. The summed E-state index contributed by atoms with van der Waals surface area (Å²) >= 11 is 1.55. The van der Waals surface area contributed by atoms with Gasteiger partial charge in [0, 0.05) is 0 Å². The van der Waals surface area contributed by atoms with Crippen LogP contribution in [0.4, 0.5) is 11.8 Å². The van der Waals surface area contributed by atoms with Crippen LogP contribution < -0.4 is 15.8 Å². The number of aryl methyl sites for hydroxylation is 1. The van der Waals surface area contributed by atoms with E-state index in [1.54, 1.807) is 11.3 Å². The highest BCUT2D eigenvalue weighted by molar-refractivity contribution is 7.16. The molecule has 0 aliphatic heterocycles. The molecule has 0 spiro atoms. The van der Waals surface area contributed by atoms with Gasteiger partial charge in [0.25, 0.3) is 0 Å². The number of rotatable bonds is 5. The Morgan fingerprint density at radius 2 is 2.19 bits per heavy atom. The van der Waals surface area contributed by atoms with Gasteiger partial charge in [-0.2, -0.15) is 4.98 Å². The number of nitrogens with one attached hydrogen (secondary N) is 1. The monoisotopic (exact) mass is 300 g/mol. The summed E-state index contributed by atoms with van der Waals surface area (Å²) in [5.74, 6) is 1.92. The summed E-state index contributed by atoms with van der Waals surface area (Å²) in [4.78, 5) is 9.33. The van der Waals surface area contributed by atoms with E-state index in [4.69, 9.17) is 10.5 Å². The summed E-state index contributed by atoms with van der Waals surface area (Å²) in [5.41, 5.74) is 6.89. The number of fused-ring (bicyclic) bond motifs is 1. The lowest BCUT2D eigenvalue weighted by molar-refractivity contribution is 0.332. The predicted molar refractivity (Wildman–Crippen MR) is 87.0 cm³/mol. The van der Waals surface area contributed by atoms with Gasteiger partial charge in [0.1, 0.15) is 23.0 Å². The number of aromatic nitrogens is 2. The molecule has 2 heterocycles. The lowest BCUT2D eigenvalue weighted by atomic mass is 10.2. The van der Waals surface area contributed by atoms with Gasteiger partial charge in [-0.15, -0.1) is 11.3 Å². The lowest BCUT2D eigenvalue weighted by Crippen LogP contribution is -2.13. The van der Waals surface area contributed by atoms with Crippen LogP contribution in [0.3, 0.4) is 0 Å². The van der Waals surface area contributed by atoms with Crippen LogP contribution in [-0.4, -0.2) is 23.1 Å². The van der Waals surface area contributed by atoms with Gasteiger partial charge in [-0.3, -0.25) is 0 Å². The molecule has 0 amide bonds. The van der Waals surface area contributed by atoms with E-state index in [1.807, 2.05) is 42.6 Å². The van der Waals surface area contributed by atoms with Crippen molar-refractivity contribution in [3.8, 4) is 5.75 Å². The first kappa shape index (κ1) is 13.6. The molecule has 0 aliphatic rings. The SMILES string of the molecule is Cc1cccc(OCCNc2nc(N)nc3sccc23)c1. The molecular weight excluding hydrogens is 284 g/mol. The van der Waals surface area contributed by atoms with Crippen molar-refractivity contribution in [1.29, 1.82) is 0 Å². The number of benzene rings is 1. The van der Waals surface area contributed by atoms with Crippen molar-refractivity contribution >= 4 is 33.3 Å². The molecule has 108 valence electrons. The highest BCUT2D eigenvalue weighted by atomic mass is 32.1. The van der Waals surface area contributed by atoms with Gasteiger partial charge in [-0.25, -0.2) is 4.98 Å². The Kier molecular flexibility index (Phi) is 3.87. The Balaban J connectivity index is 1.61. The van der Waals surface area contributed by atoms with Crippen molar-refractivity contribution in [3.05, 3.63) is 41.3 Å². The van der Waals surface area contributed by atoms with Crippen molar-refractivity contribution in [2.45, 2.75) is 6.92 Å². The quantitative estimate of drug-likeness (QED) is 0.708. The zero-order valence-corrected chi connectivity index (χ0v) is 12.5. The number of nitrogens with zero attached hydrogens (tertiary/aromatic N) is 2. The van der Waals surface area contributed by atoms with Crippen LogP contribution in [0.2, 0.25) is 0 Å². The predicted octanol–water partition coefficient (Wildman–Crippen LogP) is 3.07. The topological polar surface area (TPSA) is 73.1 Å². The van der Waals surface area contributed by atoms with E-state index >= 15 is 0 Å². The number of hydrogen-bond donors (Lipinski definition) is 2. The summed E-state index contributed by atoms with van der Waals surface area (Å²) in [7, 11) is 0. The van der Waals surface area contributed by atoms with Crippen molar-refractivity contribution in [2.75, 3.05) is 24.2 Å². The molecule has 0 bridgehead atoms. The number of ether oxygens (including phenoxy) is 1. The average Bonchev–Trinajstić information content (AvgIpc) is 2.91. The molecule has 3 N–H and O–H groups in total. The maximum Gasteiger partial charge on any atom is 0.223 e. The van der Waals surface area contributed by atoms with Crippen LogP contribution in [0.5, 0.6) is 5.75 Å². The molecule has 2 aromatic heterocycles. The third kappa shape index (κ3) is 3.22. The average molecular weight is 300 g/mol. The minimum atomic E-state index is 0.284. The second-order valence-corrected chi connectivity index (χ2v) is 5.56. The Hall–Kier alpha value is -2.34. The number of nitrogen functional groups attached to an aromatic ring is 1. The van der Waals surface area contributed by atoms with Crippen LogP contribution in [0.1, 0.15) is 5.56 Å². The minimum absolute atomic E-state index is 0.284. The fraction of sp³-hybridized carbons (Fsp3) is 0.200. The molecule has 0 radical (unpaired) electrons. The zero-order valence-electron chi connectivity index (χ0n) is 11.7. The lowest BCUT2D eigenvalue weighted by Gasteiger charge is -2.09. The Labute approximate surface area is 126 Å². The molecule has 0 atom stereocenters. The van der Waals surface area contributed by atoms with Crippen LogP contribution in [0.15, 0.2) is 35.7 Å². The molecule has 6 heteroatoms. The summed E-state index contributed by atoms with van der Waals surface area (Å²) < 4.78 is 5.70. The first-order valence-electron chi connectivity index (χ1n) is 6.66. The number of anilines is 2. The summed E-state index contributed by atoms with van der Waals surface area (Å²) in [6.07, 6.45) is 0. The van der Waals surface area contributed by atoms with Gasteiger partial charge in [0.15, 0.2) is 0 Å². The molecule has 0 saturated carbocycles. The van der Waals surface area contributed by atoms with Gasteiger partial charge >= 0.3 is 0 Å². The molecule has 3 rings (SSSR count). The molecule has 0 fully saturated rings. The third-order valence-corrected chi connectivity index (χ3v) is 3.80. The van der Waals surface area contributed by atoms with Crippen molar-refractivity contribution < 1.29 is 4.74 Å². The summed E-state index contributed by atoms with van der Waals surface area (Å²) in [6, 6.07) is 9.98. The first-order chi connectivity index (χ1) is 10.2. The van der Waals surface area contributed by atoms with Gasteiger partial charge in [0.05, 0.1) is 11.9 Å². The van der Waals surface area contributed by atoms with Gasteiger partial charge in [-0.1, -0.05) is 12.1 Å². The highest BCUT2D eigenvalue weighted by Gasteiger charge is 2.06.